The van der Waals surface area contributed by atoms with Gasteiger partial charge in [0.1, 0.15) is 0 Å². The number of hydrogen-bond donors (Lipinski definition) is 0. The maximum atomic E-state index is 2.70. The van der Waals surface area contributed by atoms with Crippen molar-refractivity contribution in [3.8, 4) is 0 Å². The molecule has 0 aromatic rings. The summed E-state index contributed by atoms with van der Waals surface area (Å²) in [5.41, 5.74) is 0. The number of piperidine rings is 2. The molecular formula is C12H24N2. The summed E-state index contributed by atoms with van der Waals surface area (Å²) in [5, 5.41) is 0. The molecule has 3 saturated heterocycles. The van der Waals surface area contributed by atoms with E-state index in [1.54, 1.807) is 0 Å². The van der Waals surface area contributed by atoms with E-state index in [0.29, 0.717) is 0 Å². The van der Waals surface area contributed by atoms with Crippen LogP contribution in [0, 0.1) is 0 Å². The zero-order chi connectivity index (χ0) is 10.3. The van der Waals surface area contributed by atoms with Crippen LogP contribution in [0.1, 0.15) is 40.5 Å². The van der Waals surface area contributed by atoms with Gasteiger partial charge in [-0.25, -0.2) is 0 Å². The number of piperazine rings is 1. The fourth-order valence-corrected chi connectivity index (χ4v) is 3.16. The van der Waals surface area contributed by atoms with Gasteiger partial charge >= 0.3 is 0 Å². The van der Waals surface area contributed by atoms with Crippen molar-refractivity contribution in [2.24, 2.45) is 0 Å². The van der Waals surface area contributed by atoms with Crippen LogP contribution in [0.5, 0.6) is 0 Å². The highest BCUT2D eigenvalue weighted by Crippen LogP contribution is 2.31. The Morgan fingerprint density at radius 3 is 1.36 bits per heavy atom. The van der Waals surface area contributed by atoms with Crippen molar-refractivity contribution in [3.63, 3.8) is 0 Å². The summed E-state index contributed by atoms with van der Waals surface area (Å²) in [6.45, 7) is 11.9. The van der Waals surface area contributed by atoms with Crippen LogP contribution in [0.3, 0.4) is 0 Å². The summed E-state index contributed by atoms with van der Waals surface area (Å²) < 4.78 is 0. The van der Waals surface area contributed by atoms with Crippen molar-refractivity contribution in [2.45, 2.75) is 64.7 Å². The van der Waals surface area contributed by atoms with Crippen LogP contribution in [0.4, 0.5) is 0 Å². The molecule has 0 unspecified atom stereocenters. The van der Waals surface area contributed by atoms with Crippen LogP contribution in [0.2, 0.25) is 0 Å². The molecular weight excluding hydrogens is 172 g/mol. The van der Waals surface area contributed by atoms with Gasteiger partial charge in [0.15, 0.2) is 0 Å². The smallest absolute Gasteiger partial charge is 0.0227 e. The molecule has 3 heterocycles. The lowest BCUT2D eigenvalue weighted by Gasteiger charge is -2.54. The van der Waals surface area contributed by atoms with E-state index in [-0.39, 0.29) is 0 Å². The van der Waals surface area contributed by atoms with E-state index in [1.165, 1.54) is 25.9 Å². The van der Waals surface area contributed by atoms with Gasteiger partial charge in [-0.2, -0.15) is 0 Å². The lowest BCUT2D eigenvalue weighted by atomic mass is 9.89. The molecule has 3 aliphatic rings. The summed E-state index contributed by atoms with van der Waals surface area (Å²) in [5.74, 6) is 0. The van der Waals surface area contributed by atoms with Crippen molar-refractivity contribution in [2.75, 3.05) is 13.1 Å². The molecule has 82 valence electrons. The highest BCUT2D eigenvalue weighted by Gasteiger charge is 2.40. The lowest BCUT2D eigenvalue weighted by molar-refractivity contribution is -0.0495. The van der Waals surface area contributed by atoms with Gasteiger partial charge in [0.25, 0.3) is 0 Å². The third kappa shape index (κ3) is 1.70. The van der Waals surface area contributed by atoms with E-state index in [4.69, 9.17) is 0 Å². The van der Waals surface area contributed by atoms with Gasteiger partial charge in [-0.05, 0) is 40.5 Å². The Labute approximate surface area is 88.3 Å². The minimum absolute atomic E-state index is 0.733. The standard InChI is InChI=1S/C12H24N2/c1-9(2)13-7-12-6-5-11(13)8-14(12)10(3)4/h9-12H,5-8H2,1-4H3/t11-,12-/m0/s1. The van der Waals surface area contributed by atoms with Gasteiger partial charge in [-0.3, -0.25) is 9.80 Å². The summed E-state index contributed by atoms with van der Waals surface area (Å²) in [6, 6.07) is 3.14. The molecule has 3 rings (SSSR count). The fourth-order valence-electron chi connectivity index (χ4n) is 3.16. The lowest BCUT2D eigenvalue weighted by Crippen LogP contribution is -2.65. The molecule has 2 nitrogen and oxygen atoms in total. The van der Waals surface area contributed by atoms with Crippen molar-refractivity contribution in [1.82, 2.24) is 9.80 Å². The summed E-state index contributed by atoms with van der Waals surface area (Å²) >= 11 is 0. The summed E-state index contributed by atoms with van der Waals surface area (Å²) in [7, 11) is 0. The predicted octanol–water partition coefficient (Wildman–Crippen LogP) is 1.95. The zero-order valence-corrected chi connectivity index (χ0v) is 10.0. The highest BCUT2D eigenvalue weighted by molar-refractivity contribution is 4.96. The largest absolute Gasteiger partial charge is 0.295 e. The number of nitrogens with zero attached hydrogens (tertiary/aromatic N) is 2. The third-order valence-corrected chi connectivity index (χ3v) is 3.94. The monoisotopic (exact) mass is 196 g/mol. The van der Waals surface area contributed by atoms with Gasteiger partial charge in [-0.1, -0.05) is 0 Å². The van der Waals surface area contributed by atoms with Crippen molar-refractivity contribution < 1.29 is 0 Å². The van der Waals surface area contributed by atoms with Crippen LogP contribution >= 0.6 is 0 Å². The van der Waals surface area contributed by atoms with Crippen LogP contribution < -0.4 is 0 Å². The topological polar surface area (TPSA) is 6.48 Å². The van der Waals surface area contributed by atoms with E-state index < -0.39 is 0 Å². The van der Waals surface area contributed by atoms with Crippen LogP contribution in [0.25, 0.3) is 0 Å². The third-order valence-electron chi connectivity index (χ3n) is 3.94. The first-order chi connectivity index (χ1) is 6.59. The first-order valence-electron chi connectivity index (χ1n) is 6.11. The van der Waals surface area contributed by atoms with E-state index in [1.807, 2.05) is 0 Å². The molecule has 3 aliphatic heterocycles. The molecule has 0 aromatic heterocycles. The summed E-state index contributed by atoms with van der Waals surface area (Å²) in [6.07, 6.45) is 2.85. The second kappa shape index (κ2) is 3.82. The van der Waals surface area contributed by atoms with Crippen molar-refractivity contribution in [1.29, 1.82) is 0 Å². The Morgan fingerprint density at radius 2 is 1.14 bits per heavy atom. The average Bonchev–Trinajstić information content (AvgIpc) is 2.18. The number of rotatable bonds is 2. The molecule has 0 aromatic carbocycles. The van der Waals surface area contributed by atoms with Crippen LogP contribution in [-0.2, 0) is 0 Å². The molecule has 0 spiro atoms. The van der Waals surface area contributed by atoms with E-state index in [0.717, 1.165) is 24.2 Å². The average molecular weight is 196 g/mol. The van der Waals surface area contributed by atoms with E-state index in [2.05, 4.69) is 37.5 Å². The molecule has 0 N–H and O–H groups in total. The SMILES string of the molecule is CC(C)N1C[C@@H]2CC[C@H]1CN2C(C)C. The molecule has 2 atom stereocenters. The minimum Gasteiger partial charge on any atom is -0.295 e. The predicted molar refractivity (Wildman–Crippen MR) is 60.5 cm³/mol. The normalized spacial score (nSPS) is 34.7. The van der Waals surface area contributed by atoms with Crippen LogP contribution in [0.15, 0.2) is 0 Å². The van der Waals surface area contributed by atoms with Crippen molar-refractivity contribution in [3.05, 3.63) is 0 Å². The maximum absolute atomic E-state index is 2.70. The molecule has 14 heavy (non-hydrogen) atoms. The highest BCUT2D eigenvalue weighted by atomic mass is 15.3. The number of fused-ring (bicyclic) bond motifs is 3. The second-order valence-corrected chi connectivity index (χ2v) is 5.47. The Morgan fingerprint density at radius 1 is 0.786 bits per heavy atom. The maximum Gasteiger partial charge on any atom is 0.0227 e. The van der Waals surface area contributed by atoms with E-state index in [9.17, 15) is 0 Å². The van der Waals surface area contributed by atoms with Gasteiger partial charge in [0.05, 0.1) is 0 Å². The zero-order valence-electron chi connectivity index (χ0n) is 10.0. The molecule has 0 aliphatic carbocycles. The van der Waals surface area contributed by atoms with Crippen molar-refractivity contribution >= 4 is 0 Å². The molecule has 0 radical (unpaired) electrons. The van der Waals surface area contributed by atoms with Gasteiger partial charge in [0.2, 0.25) is 0 Å². The molecule has 3 fully saturated rings. The Bertz CT molecular complexity index is 178. The van der Waals surface area contributed by atoms with Gasteiger partial charge in [-0.15, -0.1) is 0 Å². The molecule has 2 heteroatoms. The summed E-state index contributed by atoms with van der Waals surface area (Å²) in [4.78, 5) is 5.40. The van der Waals surface area contributed by atoms with E-state index >= 15 is 0 Å². The minimum atomic E-state index is 0.733. The van der Waals surface area contributed by atoms with Crippen LogP contribution in [-0.4, -0.2) is 47.1 Å². The first kappa shape index (κ1) is 10.4. The first-order valence-corrected chi connectivity index (χ1v) is 6.11. The van der Waals surface area contributed by atoms with Gasteiger partial charge < -0.3 is 0 Å². The molecule has 2 bridgehead atoms. The molecule has 0 amide bonds. The fraction of sp³-hybridized carbons (Fsp3) is 1.00. The second-order valence-electron chi connectivity index (χ2n) is 5.47. The Kier molecular flexibility index (Phi) is 2.85. The van der Waals surface area contributed by atoms with Gasteiger partial charge in [0, 0.05) is 37.3 Å². The quantitative estimate of drug-likeness (QED) is 0.666. The Hall–Kier alpha value is -0.0800. The Balaban J connectivity index is 2.05. The molecule has 0 saturated carbocycles. The number of hydrogen-bond acceptors (Lipinski definition) is 2.